The van der Waals surface area contributed by atoms with Gasteiger partial charge in [-0.3, -0.25) is 5.41 Å². The number of hydrogen-bond acceptors (Lipinski definition) is 10. The molecule has 11 nitrogen and oxygen atoms in total. The minimum Gasteiger partial charge on any atom is -0.482 e. The number of carbonyl (C=O) groups is 2. The zero-order valence-electron chi connectivity index (χ0n) is 23.5. The monoisotopic (exact) mass is 545 g/mol. The van der Waals surface area contributed by atoms with Crippen LogP contribution >= 0.6 is 0 Å². The van der Waals surface area contributed by atoms with Crippen LogP contribution in [0.2, 0.25) is 0 Å². The first kappa shape index (κ1) is 30.9. The van der Waals surface area contributed by atoms with E-state index in [9.17, 15) is 14.0 Å². The first-order chi connectivity index (χ1) is 18.2. The number of methoxy groups -OCH3 is 2. The topological polar surface area (TPSA) is 149 Å². The molecule has 0 fully saturated rings. The number of likely N-dealkylation sites (N-methyl/N-ethyl adjacent to an activating group) is 2. The fourth-order valence-corrected chi connectivity index (χ4v) is 3.58. The van der Waals surface area contributed by atoms with Crippen molar-refractivity contribution in [2.45, 2.75) is 39.4 Å². The van der Waals surface area contributed by atoms with Crippen LogP contribution in [-0.4, -0.2) is 68.3 Å². The van der Waals surface area contributed by atoms with Crippen molar-refractivity contribution < 1.29 is 32.9 Å². The van der Waals surface area contributed by atoms with E-state index in [0.717, 1.165) is 6.07 Å². The largest absolute Gasteiger partial charge is 0.482 e. The number of benzene rings is 1. The molecule has 4 N–H and O–H groups in total. The normalized spacial score (nSPS) is 12.5. The van der Waals surface area contributed by atoms with E-state index in [1.807, 2.05) is 0 Å². The van der Waals surface area contributed by atoms with Gasteiger partial charge in [-0.15, -0.1) is 0 Å². The van der Waals surface area contributed by atoms with Crippen molar-refractivity contribution in [3.8, 4) is 5.75 Å². The van der Waals surface area contributed by atoms with Crippen LogP contribution in [0.5, 0.6) is 5.75 Å². The number of amides is 1. The number of pyridine rings is 1. The van der Waals surface area contributed by atoms with E-state index in [4.69, 9.17) is 30.1 Å². The standard InChI is InChI=1S/C27H36FN5O6/c1-15(19-12-17(28)9-10-18(19)25(34)37-8)38-21-11-16(13-32-23(21)29)22(24(30)36-7)20(31-5)14-33(6)26(35)39-27(2,3)4/h9-13,15,30-31H,14H2,1-8H3,(H2,29,32)/b22-20-,30-24?/t15-/m1/s1. The lowest BCUT2D eigenvalue weighted by Crippen LogP contribution is -2.37. The smallest absolute Gasteiger partial charge is 0.410 e. The number of aromatic nitrogens is 1. The summed E-state index contributed by atoms with van der Waals surface area (Å²) in [7, 11) is 5.78. The summed E-state index contributed by atoms with van der Waals surface area (Å²) in [6, 6.07) is 5.20. The number of nitrogen functional groups attached to an aromatic ring is 1. The second-order valence-electron chi connectivity index (χ2n) is 9.56. The SMILES string of the molecule is CN/C(CN(C)C(=O)OC(C)(C)C)=C(\C(=N)OC)c1cnc(N)c(O[C@H](C)c2cc(F)ccc2C(=O)OC)c1. The van der Waals surface area contributed by atoms with Crippen molar-refractivity contribution in [3.63, 3.8) is 0 Å². The van der Waals surface area contributed by atoms with Crippen LogP contribution in [0.3, 0.4) is 0 Å². The van der Waals surface area contributed by atoms with Gasteiger partial charge < -0.3 is 34.9 Å². The summed E-state index contributed by atoms with van der Waals surface area (Å²) >= 11 is 0. The number of nitrogens with two attached hydrogens (primary N) is 1. The Hall–Kier alpha value is -4.35. The van der Waals surface area contributed by atoms with E-state index in [2.05, 4.69) is 10.3 Å². The quantitative estimate of drug-likeness (QED) is 0.240. The summed E-state index contributed by atoms with van der Waals surface area (Å²) in [4.78, 5) is 30.3. The lowest BCUT2D eigenvalue weighted by atomic mass is 10.0. The molecule has 1 atom stereocenters. The van der Waals surface area contributed by atoms with Crippen molar-refractivity contribution in [2.75, 3.05) is 40.6 Å². The van der Waals surface area contributed by atoms with E-state index >= 15 is 0 Å². The molecule has 0 aliphatic rings. The summed E-state index contributed by atoms with van der Waals surface area (Å²) < 4.78 is 35.5. The summed E-state index contributed by atoms with van der Waals surface area (Å²) in [5, 5.41) is 11.4. The fraction of sp³-hybridized carbons (Fsp3) is 0.407. The number of anilines is 1. The van der Waals surface area contributed by atoms with Gasteiger partial charge in [0, 0.05) is 37.1 Å². The van der Waals surface area contributed by atoms with Gasteiger partial charge in [-0.1, -0.05) is 0 Å². The van der Waals surface area contributed by atoms with E-state index < -0.39 is 29.6 Å². The molecule has 1 amide bonds. The second kappa shape index (κ2) is 12.9. The Labute approximate surface area is 227 Å². The highest BCUT2D eigenvalue weighted by atomic mass is 19.1. The lowest BCUT2D eigenvalue weighted by molar-refractivity contribution is 0.0311. The van der Waals surface area contributed by atoms with Gasteiger partial charge in [0.1, 0.15) is 17.5 Å². The molecule has 2 aromatic rings. The number of ether oxygens (including phenoxy) is 4. The van der Waals surface area contributed by atoms with Crippen molar-refractivity contribution in [1.29, 1.82) is 5.41 Å². The average Bonchev–Trinajstić information content (AvgIpc) is 2.87. The van der Waals surface area contributed by atoms with E-state index in [1.165, 1.54) is 37.4 Å². The van der Waals surface area contributed by atoms with Gasteiger partial charge in [-0.2, -0.15) is 0 Å². The zero-order chi connectivity index (χ0) is 29.5. The van der Waals surface area contributed by atoms with Gasteiger partial charge in [0.05, 0.1) is 31.9 Å². The summed E-state index contributed by atoms with van der Waals surface area (Å²) in [6.45, 7) is 6.96. The van der Waals surface area contributed by atoms with Gasteiger partial charge in [-0.25, -0.2) is 19.0 Å². The van der Waals surface area contributed by atoms with Gasteiger partial charge in [0.25, 0.3) is 0 Å². The molecule has 0 saturated heterocycles. The van der Waals surface area contributed by atoms with E-state index in [1.54, 1.807) is 47.9 Å². The molecule has 0 unspecified atom stereocenters. The molecule has 0 aliphatic heterocycles. The molecule has 39 heavy (non-hydrogen) atoms. The predicted molar refractivity (Wildman–Crippen MR) is 145 cm³/mol. The first-order valence-corrected chi connectivity index (χ1v) is 12.0. The van der Waals surface area contributed by atoms with Crippen molar-refractivity contribution in [1.82, 2.24) is 15.2 Å². The van der Waals surface area contributed by atoms with E-state index in [0.29, 0.717) is 16.8 Å². The molecule has 1 heterocycles. The second-order valence-corrected chi connectivity index (χ2v) is 9.56. The molecule has 1 aromatic carbocycles. The van der Waals surface area contributed by atoms with Gasteiger partial charge >= 0.3 is 12.1 Å². The molecule has 0 aliphatic carbocycles. The molecule has 2 rings (SSSR count). The number of hydrogen-bond donors (Lipinski definition) is 3. The third kappa shape index (κ3) is 8.06. The highest BCUT2D eigenvalue weighted by Gasteiger charge is 2.25. The third-order valence-electron chi connectivity index (χ3n) is 5.47. The average molecular weight is 546 g/mol. The molecule has 0 bridgehead atoms. The van der Waals surface area contributed by atoms with Crippen LogP contribution in [0.1, 0.15) is 55.3 Å². The Bertz CT molecular complexity index is 1260. The Morgan fingerprint density at radius 3 is 2.44 bits per heavy atom. The van der Waals surface area contributed by atoms with E-state index in [-0.39, 0.29) is 35.1 Å². The molecular weight excluding hydrogens is 509 g/mol. The van der Waals surface area contributed by atoms with Crippen LogP contribution in [-0.2, 0) is 14.2 Å². The molecule has 0 saturated carbocycles. The van der Waals surface area contributed by atoms with Crippen molar-refractivity contribution in [2.24, 2.45) is 0 Å². The number of carbonyl (C=O) groups excluding carboxylic acids is 2. The Balaban J connectivity index is 2.51. The molecule has 1 aromatic heterocycles. The Kier molecular flexibility index (Phi) is 10.2. The minimum absolute atomic E-state index is 0.0294. The molecule has 212 valence electrons. The third-order valence-corrected chi connectivity index (χ3v) is 5.47. The van der Waals surface area contributed by atoms with Gasteiger partial charge in [0.15, 0.2) is 11.6 Å². The van der Waals surface area contributed by atoms with Gasteiger partial charge in [-0.05, 0) is 52.0 Å². The fourth-order valence-electron chi connectivity index (χ4n) is 3.58. The van der Waals surface area contributed by atoms with Crippen LogP contribution in [0.15, 0.2) is 36.2 Å². The highest BCUT2D eigenvalue weighted by molar-refractivity contribution is 6.19. The van der Waals surface area contributed by atoms with Crippen LogP contribution in [0.25, 0.3) is 5.57 Å². The van der Waals surface area contributed by atoms with Crippen LogP contribution < -0.4 is 15.8 Å². The first-order valence-electron chi connectivity index (χ1n) is 12.0. The molecule has 0 spiro atoms. The minimum atomic E-state index is -0.828. The maximum atomic E-state index is 14.0. The lowest BCUT2D eigenvalue weighted by Gasteiger charge is -2.26. The highest BCUT2D eigenvalue weighted by Crippen LogP contribution is 2.32. The number of rotatable bonds is 9. The number of esters is 1. The molecule has 0 radical (unpaired) electrons. The zero-order valence-corrected chi connectivity index (χ0v) is 23.5. The van der Waals surface area contributed by atoms with Crippen LogP contribution in [0.4, 0.5) is 15.0 Å². The number of nitrogens with zero attached hydrogens (tertiary/aromatic N) is 2. The predicted octanol–water partition coefficient (Wildman–Crippen LogP) is 4.15. The molecular formula is C27H36FN5O6. The summed E-state index contributed by atoms with van der Waals surface area (Å²) in [5.41, 5.74) is 6.93. The van der Waals surface area contributed by atoms with Crippen molar-refractivity contribution in [3.05, 3.63) is 58.7 Å². The summed E-state index contributed by atoms with van der Waals surface area (Å²) in [6.07, 6.45) is 0.0525. The molecule has 12 heteroatoms. The summed E-state index contributed by atoms with van der Waals surface area (Å²) in [5.74, 6) is -1.26. The maximum Gasteiger partial charge on any atom is 0.410 e. The Morgan fingerprint density at radius 2 is 1.87 bits per heavy atom. The maximum absolute atomic E-state index is 14.0. The number of nitrogens with one attached hydrogen (secondary N) is 2. The number of halogens is 1. The van der Waals surface area contributed by atoms with Crippen molar-refractivity contribution >= 4 is 29.4 Å². The Morgan fingerprint density at radius 1 is 1.21 bits per heavy atom. The van der Waals surface area contributed by atoms with Crippen LogP contribution in [0, 0.1) is 11.2 Å². The van der Waals surface area contributed by atoms with Gasteiger partial charge in [0.2, 0.25) is 5.90 Å².